The van der Waals surface area contributed by atoms with Gasteiger partial charge < -0.3 is 4.55 Å². The molecule has 0 saturated carbocycles. The Hall–Kier alpha value is -3.49. The number of aryl methyl sites for hydroxylation is 2. The Kier molecular flexibility index (Phi) is 8.57. The zero-order valence-corrected chi connectivity index (χ0v) is 22.6. The topological polar surface area (TPSA) is 61.1 Å². The van der Waals surface area contributed by atoms with E-state index < -0.39 is 15.6 Å². The summed E-state index contributed by atoms with van der Waals surface area (Å²) >= 11 is 0. The monoisotopic (exact) mass is 553 g/mol. The van der Waals surface area contributed by atoms with Crippen LogP contribution < -0.4 is 4.57 Å². The van der Waals surface area contributed by atoms with Crippen LogP contribution in [-0.4, -0.2) is 18.5 Å². The summed E-state index contributed by atoms with van der Waals surface area (Å²) in [5.74, 6) is 0. The van der Waals surface area contributed by atoms with E-state index in [0.717, 1.165) is 13.0 Å². The Labute approximate surface area is 227 Å². The molecule has 0 fully saturated rings. The average Bonchev–Trinajstić information content (AvgIpc) is 2.90. The largest absolute Gasteiger partial charge is 0.741 e. The van der Waals surface area contributed by atoms with Crippen LogP contribution in [0.2, 0.25) is 0 Å². The molecule has 1 aliphatic carbocycles. The number of halogens is 3. The number of pyridine rings is 1. The molecule has 0 N–H and O–H groups in total. The summed E-state index contributed by atoms with van der Waals surface area (Å²) in [6.07, 6.45) is 4.87. The van der Waals surface area contributed by atoms with Gasteiger partial charge >= 0.3 is 5.51 Å². The van der Waals surface area contributed by atoms with Gasteiger partial charge in [0.15, 0.2) is 22.4 Å². The van der Waals surface area contributed by atoms with Gasteiger partial charge in [-0.1, -0.05) is 77.9 Å². The van der Waals surface area contributed by atoms with Crippen LogP contribution in [0.3, 0.4) is 0 Å². The highest BCUT2D eigenvalue weighted by molar-refractivity contribution is 7.86. The van der Waals surface area contributed by atoms with E-state index in [9.17, 15) is 13.2 Å². The Morgan fingerprint density at radius 1 is 0.795 bits per heavy atom. The molecule has 0 saturated heterocycles. The lowest BCUT2D eigenvalue weighted by atomic mass is 9.87. The fraction of sp³-hybridized carbons (Fsp3) is 0.258. The maximum Gasteiger partial charge on any atom is 0.485 e. The summed E-state index contributed by atoms with van der Waals surface area (Å²) in [6.45, 7) is 5.24. The van der Waals surface area contributed by atoms with Gasteiger partial charge in [-0.2, -0.15) is 17.7 Å². The number of benzene rings is 3. The molecule has 0 amide bonds. The molecule has 1 aromatic heterocycles. The zero-order valence-electron chi connectivity index (χ0n) is 21.8. The van der Waals surface area contributed by atoms with Gasteiger partial charge in [0.2, 0.25) is 5.69 Å². The van der Waals surface area contributed by atoms with Crippen molar-refractivity contribution in [2.45, 2.75) is 51.6 Å². The van der Waals surface area contributed by atoms with Crippen molar-refractivity contribution in [3.05, 3.63) is 113 Å². The van der Waals surface area contributed by atoms with Crippen LogP contribution in [0.15, 0.2) is 84.9 Å². The fourth-order valence-electron chi connectivity index (χ4n) is 4.82. The van der Waals surface area contributed by atoms with Crippen molar-refractivity contribution in [2.24, 2.45) is 0 Å². The minimum absolute atomic E-state index is 0.918. The van der Waals surface area contributed by atoms with Crippen molar-refractivity contribution >= 4 is 10.1 Å². The maximum atomic E-state index is 10.7. The summed E-state index contributed by atoms with van der Waals surface area (Å²) in [6, 6.07) is 31.4. The van der Waals surface area contributed by atoms with Crippen molar-refractivity contribution in [3.8, 4) is 22.4 Å². The van der Waals surface area contributed by atoms with E-state index in [2.05, 4.69) is 103 Å². The third-order valence-electron chi connectivity index (χ3n) is 6.84. The molecule has 0 atom stereocenters. The van der Waals surface area contributed by atoms with Crippen molar-refractivity contribution in [1.82, 2.24) is 0 Å². The lowest BCUT2D eigenvalue weighted by Crippen LogP contribution is -2.43. The van der Waals surface area contributed by atoms with Gasteiger partial charge in [0.1, 0.15) is 0 Å². The molecule has 0 unspecified atom stereocenters. The first-order valence-corrected chi connectivity index (χ1v) is 14.1. The van der Waals surface area contributed by atoms with Crippen LogP contribution in [-0.2, 0) is 29.5 Å². The molecule has 1 aliphatic rings. The predicted molar refractivity (Wildman–Crippen MR) is 145 cm³/mol. The van der Waals surface area contributed by atoms with Crippen LogP contribution >= 0.6 is 0 Å². The number of rotatable bonds is 4. The second kappa shape index (κ2) is 11.7. The van der Waals surface area contributed by atoms with E-state index in [1.165, 1.54) is 64.0 Å². The van der Waals surface area contributed by atoms with E-state index in [0.29, 0.717) is 0 Å². The second-order valence-corrected chi connectivity index (χ2v) is 11.2. The molecular formula is C31H30F3NO3S. The first kappa shape index (κ1) is 28.5. The molecule has 39 heavy (non-hydrogen) atoms. The number of aromatic nitrogens is 1. The van der Waals surface area contributed by atoms with Gasteiger partial charge in [0.25, 0.3) is 0 Å². The highest BCUT2D eigenvalue weighted by Gasteiger charge is 2.37. The number of alkyl halides is 3. The minimum atomic E-state index is -6.09. The molecular weight excluding hydrogens is 523 g/mol. The first-order valence-electron chi connectivity index (χ1n) is 12.7. The number of hydrogen-bond donors (Lipinski definition) is 0. The predicted octanol–water partition coefficient (Wildman–Crippen LogP) is 6.90. The summed E-state index contributed by atoms with van der Waals surface area (Å²) in [5, 5.41) is 0. The maximum absolute atomic E-state index is 10.7. The Morgan fingerprint density at radius 2 is 1.33 bits per heavy atom. The molecule has 1 heterocycles. The molecule has 0 radical (unpaired) electrons. The minimum Gasteiger partial charge on any atom is -0.741 e. The SMILES string of the molecule is Cc1ccc(C[n+]2c(-c3ccccc3)cc(-c3ccc(C)cc3)c3c2CCCC3)cc1.O=S(=O)([O-])C(F)(F)F. The molecule has 4 aromatic rings. The number of nitrogens with zero attached hydrogens (tertiary/aromatic N) is 1. The molecule has 0 spiro atoms. The van der Waals surface area contributed by atoms with E-state index in [4.69, 9.17) is 13.0 Å². The highest BCUT2D eigenvalue weighted by atomic mass is 32.2. The van der Waals surface area contributed by atoms with E-state index in [-0.39, 0.29) is 0 Å². The molecule has 0 aliphatic heterocycles. The number of fused-ring (bicyclic) bond motifs is 1. The van der Waals surface area contributed by atoms with E-state index in [1.54, 1.807) is 5.56 Å². The summed E-state index contributed by atoms with van der Waals surface area (Å²) in [4.78, 5) is 0. The van der Waals surface area contributed by atoms with E-state index in [1.807, 2.05) is 0 Å². The van der Waals surface area contributed by atoms with Gasteiger partial charge in [-0.3, -0.25) is 0 Å². The van der Waals surface area contributed by atoms with Crippen LogP contribution in [0.1, 0.15) is 40.8 Å². The fourth-order valence-corrected chi connectivity index (χ4v) is 4.82. The van der Waals surface area contributed by atoms with Gasteiger partial charge in [-0.25, -0.2) is 8.42 Å². The Morgan fingerprint density at radius 3 is 1.90 bits per heavy atom. The molecule has 0 bridgehead atoms. The summed E-state index contributed by atoms with van der Waals surface area (Å²) in [5.41, 5.74) is 6.76. The normalized spacial score (nSPS) is 13.3. The molecule has 4 nitrogen and oxygen atoms in total. The van der Waals surface area contributed by atoms with Crippen molar-refractivity contribution < 1.29 is 30.7 Å². The van der Waals surface area contributed by atoms with E-state index >= 15 is 0 Å². The lowest BCUT2D eigenvalue weighted by Gasteiger charge is -2.21. The third-order valence-corrected chi connectivity index (χ3v) is 7.41. The van der Waals surface area contributed by atoms with Crippen LogP contribution in [0.4, 0.5) is 13.2 Å². The highest BCUT2D eigenvalue weighted by Crippen LogP contribution is 2.34. The molecule has 8 heteroatoms. The van der Waals surface area contributed by atoms with Gasteiger partial charge in [-0.15, -0.1) is 0 Å². The molecule has 3 aromatic carbocycles. The smallest absolute Gasteiger partial charge is 0.485 e. The van der Waals surface area contributed by atoms with Crippen LogP contribution in [0.25, 0.3) is 22.4 Å². The Bertz CT molecular complexity index is 1530. The average molecular weight is 554 g/mol. The molecule has 204 valence electrons. The first-order chi connectivity index (χ1) is 18.4. The lowest BCUT2D eigenvalue weighted by molar-refractivity contribution is -0.685. The van der Waals surface area contributed by atoms with Gasteiger partial charge in [-0.05, 0) is 56.4 Å². The second-order valence-electron chi connectivity index (χ2n) is 9.78. The van der Waals surface area contributed by atoms with Gasteiger partial charge in [0.05, 0.1) is 0 Å². The summed E-state index contributed by atoms with van der Waals surface area (Å²) < 4.78 is 61.5. The zero-order chi connectivity index (χ0) is 28.2. The van der Waals surface area contributed by atoms with Crippen molar-refractivity contribution in [3.63, 3.8) is 0 Å². The third kappa shape index (κ3) is 6.94. The van der Waals surface area contributed by atoms with Crippen molar-refractivity contribution in [1.29, 1.82) is 0 Å². The Balaban J connectivity index is 0.000000386. The molecule has 5 rings (SSSR count). The summed E-state index contributed by atoms with van der Waals surface area (Å²) in [7, 11) is -6.09. The van der Waals surface area contributed by atoms with Crippen LogP contribution in [0.5, 0.6) is 0 Å². The quantitative estimate of drug-likeness (QED) is 0.157. The number of hydrogen-bond acceptors (Lipinski definition) is 3. The van der Waals surface area contributed by atoms with Gasteiger partial charge in [0, 0.05) is 29.2 Å². The standard InChI is InChI=1S/C30H30N.CHF3O3S/c1-22-12-16-24(17-13-22)21-31-29-11-7-6-10-27(29)28(25-18-14-23(2)15-19-25)20-30(31)26-8-4-3-5-9-26;2-1(3,4)8(5,6)7/h3-5,8-9,12-20H,6-7,10-11,21H2,1-2H3;(H,5,6,7)/q+1;/p-1. The van der Waals surface area contributed by atoms with Crippen LogP contribution in [0, 0.1) is 13.8 Å². The van der Waals surface area contributed by atoms with Crippen molar-refractivity contribution in [2.75, 3.05) is 0 Å².